The molecule has 6 nitrogen and oxygen atoms in total. The van der Waals surface area contributed by atoms with E-state index in [2.05, 4.69) is 19.6 Å². The first-order valence-corrected chi connectivity index (χ1v) is 13.2. The molecule has 1 aromatic carbocycles. The number of rotatable bonds is 5. The minimum Gasteiger partial charge on any atom is -0.462 e. The third-order valence-corrected chi connectivity index (χ3v) is 6.63. The van der Waals surface area contributed by atoms with Gasteiger partial charge in [-0.1, -0.05) is 50.8 Å². The van der Waals surface area contributed by atoms with Gasteiger partial charge in [-0.15, -0.1) is 0 Å². The summed E-state index contributed by atoms with van der Waals surface area (Å²) in [6, 6.07) is 9.31. The number of carbonyl (C=O) groups is 3. The number of hydrazine groups is 1. The second-order valence-electron chi connectivity index (χ2n) is 8.37. The molecule has 1 aromatic rings. The van der Waals surface area contributed by atoms with Gasteiger partial charge in [-0.25, -0.2) is 14.8 Å². The van der Waals surface area contributed by atoms with Crippen LogP contribution in [0.2, 0.25) is 25.7 Å². The van der Waals surface area contributed by atoms with Crippen LogP contribution in [0.3, 0.4) is 0 Å². The Bertz CT molecular complexity index is 842. The Labute approximate surface area is 166 Å². The minimum atomic E-state index is -1.32. The maximum Gasteiger partial charge on any atom is 0.339 e. The summed E-state index contributed by atoms with van der Waals surface area (Å²) in [6.45, 7) is 8.81. The summed E-state index contributed by atoms with van der Waals surface area (Å²) in [5, 5.41) is 2.65. The molecule has 1 saturated heterocycles. The van der Waals surface area contributed by atoms with Crippen molar-refractivity contribution in [2.45, 2.75) is 38.7 Å². The van der Waals surface area contributed by atoms with E-state index < -0.39 is 14.0 Å². The number of ether oxygens (including phenoxy) is 1. The highest BCUT2D eigenvalue weighted by Crippen LogP contribution is 2.33. The second-order valence-corrected chi connectivity index (χ2v) is 14.0. The third-order valence-electron chi connectivity index (χ3n) is 4.93. The highest BCUT2D eigenvalue weighted by Gasteiger charge is 2.48. The molecule has 0 spiro atoms. The number of β-lactam (4-membered cyclic amide) rings is 1. The SMILES string of the molecule is C[C@H]1C(=O)N2[C@@H]1C=CC(C(=O)OCC[Si](C)(C)C)=CN2C(=O)c1ccccc1. The molecule has 0 N–H and O–H groups in total. The predicted molar refractivity (Wildman–Crippen MR) is 109 cm³/mol. The first kappa shape index (κ1) is 20.1. The summed E-state index contributed by atoms with van der Waals surface area (Å²) < 4.78 is 5.43. The van der Waals surface area contributed by atoms with Crippen molar-refractivity contribution in [3.63, 3.8) is 0 Å². The number of hydrogen-bond acceptors (Lipinski definition) is 4. The molecule has 0 aromatic heterocycles. The summed E-state index contributed by atoms with van der Waals surface area (Å²) in [5.74, 6) is -1.23. The Morgan fingerprint density at radius 2 is 1.82 bits per heavy atom. The van der Waals surface area contributed by atoms with E-state index in [0.717, 1.165) is 6.04 Å². The monoisotopic (exact) mass is 398 g/mol. The molecule has 0 aliphatic carbocycles. The topological polar surface area (TPSA) is 66.9 Å². The molecule has 7 heteroatoms. The van der Waals surface area contributed by atoms with Crippen molar-refractivity contribution in [2.24, 2.45) is 5.92 Å². The lowest BCUT2D eigenvalue weighted by Gasteiger charge is -2.47. The number of fused-ring (bicyclic) bond motifs is 1. The molecule has 0 saturated carbocycles. The predicted octanol–water partition coefficient (Wildman–Crippen LogP) is 3.23. The van der Waals surface area contributed by atoms with Crippen LogP contribution in [0.15, 0.2) is 54.3 Å². The molecular formula is C21H26N2O4Si. The Morgan fingerprint density at radius 1 is 1.14 bits per heavy atom. The van der Waals surface area contributed by atoms with E-state index in [1.807, 2.05) is 13.0 Å². The normalized spacial score (nSPS) is 21.4. The van der Waals surface area contributed by atoms with Gasteiger partial charge in [-0.05, 0) is 24.3 Å². The smallest absolute Gasteiger partial charge is 0.339 e. The van der Waals surface area contributed by atoms with Crippen LogP contribution in [-0.2, 0) is 14.3 Å². The van der Waals surface area contributed by atoms with Gasteiger partial charge in [0.15, 0.2) is 0 Å². The zero-order valence-electron chi connectivity index (χ0n) is 16.7. The van der Waals surface area contributed by atoms with Crippen LogP contribution in [-0.4, -0.2) is 48.5 Å². The molecule has 28 heavy (non-hydrogen) atoms. The lowest BCUT2D eigenvalue weighted by molar-refractivity contribution is -0.170. The second kappa shape index (κ2) is 7.75. The molecule has 3 rings (SSSR count). The summed E-state index contributed by atoms with van der Waals surface area (Å²) in [7, 11) is -1.32. The zero-order chi connectivity index (χ0) is 20.5. The number of hydrogen-bond donors (Lipinski definition) is 0. The van der Waals surface area contributed by atoms with E-state index in [-0.39, 0.29) is 29.3 Å². The van der Waals surface area contributed by atoms with Crippen LogP contribution < -0.4 is 0 Å². The maximum atomic E-state index is 13.0. The van der Waals surface area contributed by atoms with Crippen LogP contribution in [0.5, 0.6) is 0 Å². The van der Waals surface area contributed by atoms with Gasteiger partial charge in [0.05, 0.1) is 24.1 Å². The van der Waals surface area contributed by atoms with E-state index in [9.17, 15) is 14.4 Å². The summed E-state index contributed by atoms with van der Waals surface area (Å²) >= 11 is 0. The number of carbonyl (C=O) groups excluding carboxylic acids is 3. The van der Waals surface area contributed by atoms with E-state index in [4.69, 9.17) is 4.74 Å². The quantitative estimate of drug-likeness (QED) is 0.434. The molecule has 0 radical (unpaired) electrons. The van der Waals surface area contributed by atoms with Gasteiger partial charge in [-0.2, -0.15) is 0 Å². The fraction of sp³-hybridized carbons (Fsp3) is 0.381. The van der Waals surface area contributed by atoms with Crippen molar-refractivity contribution in [1.82, 2.24) is 10.0 Å². The maximum absolute atomic E-state index is 13.0. The largest absolute Gasteiger partial charge is 0.462 e. The van der Waals surface area contributed by atoms with Crippen molar-refractivity contribution in [3.05, 3.63) is 59.8 Å². The zero-order valence-corrected chi connectivity index (χ0v) is 17.7. The third kappa shape index (κ3) is 4.09. The first-order chi connectivity index (χ1) is 13.2. The molecule has 0 bridgehead atoms. The number of nitrogens with zero attached hydrogens (tertiary/aromatic N) is 2. The lowest BCUT2D eigenvalue weighted by Crippen LogP contribution is -2.65. The number of amides is 2. The fourth-order valence-electron chi connectivity index (χ4n) is 3.09. The number of esters is 1. The fourth-order valence-corrected chi connectivity index (χ4v) is 3.81. The van der Waals surface area contributed by atoms with Crippen molar-refractivity contribution in [2.75, 3.05) is 6.61 Å². The van der Waals surface area contributed by atoms with Crippen molar-refractivity contribution >= 4 is 25.9 Å². The Morgan fingerprint density at radius 3 is 2.46 bits per heavy atom. The molecule has 148 valence electrons. The molecule has 0 unspecified atom stereocenters. The first-order valence-electron chi connectivity index (χ1n) is 9.48. The Kier molecular flexibility index (Phi) is 5.56. The van der Waals surface area contributed by atoms with Crippen LogP contribution in [0.1, 0.15) is 17.3 Å². The van der Waals surface area contributed by atoms with Crippen LogP contribution >= 0.6 is 0 Å². The van der Waals surface area contributed by atoms with Gasteiger partial charge in [0.2, 0.25) is 5.91 Å². The molecule has 2 atom stereocenters. The molecule has 2 heterocycles. The lowest BCUT2D eigenvalue weighted by atomic mass is 9.90. The van der Waals surface area contributed by atoms with E-state index in [1.54, 1.807) is 36.4 Å². The summed E-state index contributed by atoms with van der Waals surface area (Å²) in [5.41, 5.74) is 0.701. The van der Waals surface area contributed by atoms with Crippen LogP contribution in [0, 0.1) is 5.92 Å². The standard InChI is InChI=1S/C21H26N2O4Si/c1-15-18-11-10-17(21(26)27-12-13-28(2,3)4)14-22(23(18)19(15)24)20(25)16-8-6-5-7-9-16/h5-11,14-15,18H,12-13H2,1-4H3/t15-,18-/m1/s1. The molecule has 2 aliphatic rings. The highest BCUT2D eigenvalue weighted by atomic mass is 28.3. The molecule has 2 aliphatic heterocycles. The van der Waals surface area contributed by atoms with Crippen molar-refractivity contribution in [3.8, 4) is 0 Å². The van der Waals surface area contributed by atoms with Crippen LogP contribution in [0.4, 0.5) is 0 Å². The van der Waals surface area contributed by atoms with Gasteiger partial charge in [-0.3, -0.25) is 9.59 Å². The molecule has 1 fully saturated rings. The average molecular weight is 399 g/mol. The van der Waals surface area contributed by atoms with Gasteiger partial charge < -0.3 is 4.74 Å². The van der Waals surface area contributed by atoms with Crippen molar-refractivity contribution < 1.29 is 19.1 Å². The summed E-state index contributed by atoms with van der Waals surface area (Å²) in [4.78, 5) is 38.0. The van der Waals surface area contributed by atoms with Gasteiger partial charge in [0.25, 0.3) is 5.91 Å². The highest BCUT2D eigenvalue weighted by molar-refractivity contribution is 6.76. The summed E-state index contributed by atoms with van der Waals surface area (Å²) in [6.07, 6.45) is 4.85. The van der Waals surface area contributed by atoms with E-state index >= 15 is 0 Å². The minimum absolute atomic E-state index is 0.150. The Hall–Kier alpha value is -2.67. The average Bonchev–Trinajstić information content (AvgIpc) is 2.84. The number of benzene rings is 1. The van der Waals surface area contributed by atoms with Gasteiger partial charge >= 0.3 is 5.97 Å². The van der Waals surface area contributed by atoms with E-state index in [0.29, 0.717) is 12.2 Å². The van der Waals surface area contributed by atoms with Crippen molar-refractivity contribution in [1.29, 1.82) is 0 Å². The molecule has 2 amide bonds. The molecular weight excluding hydrogens is 372 g/mol. The van der Waals surface area contributed by atoms with Gasteiger partial charge in [0, 0.05) is 19.8 Å². The Balaban J connectivity index is 1.85. The van der Waals surface area contributed by atoms with E-state index in [1.165, 1.54) is 16.2 Å². The van der Waals surface area contributed by atoms with Gasteiger partial charge in [0.1, 0.15) is 0 Å². The van der Waals surface area contributed by atoms with Crippen LogP contribution in [0.25, 0.3) is 0 Å².